The van der Waals surface area contributed by atoms with Crippen molar-refractivity contribution < 1.29 is 14.3 Å². The molecule has 1 aromatic carbocycles. The van der Waals surface area contributed by atoms with Gasteiger partial charge in [-0.15, -0.1) is 0 Å². The molecular formula is C20H24ClN3O3. The number of morpholine rings is 1. The number of hydrogen-bond acceptors (Lipinski definition) is 5. The van der Waals surface area contributed by atoms with E-state index in [0.29, 0.717) is 16.5 Å². The standard InChI is InChI=1S/C20H24ClN3O3/c1-14-12-24(13-15(2)27-14)19-7-6-17(11-22-19)23-20(25)8-9-26-18-5-3-4-16(21)10-18/h3-7,10-11,14-15H,8-9,12-13H2,1-2H3,(H,23,25). The van der Waals surface area contributed by atoms with Crippen LogP contribution >= 0.6 is 11.6 Å². The fourth-order valence-electron chi connectivity index (χ4n) is 3.05. The quantitative estimate of drug-likeness (QED) is 0.815. The molecule has 0 saturated carbocycles. The van der Waals surface area contributed by atoms with Crippen molar-refractivity contribution in [3.63, 3.8) is 0 Å². The molecule has 3 rings (SSSR count). The number of halogens is 1. The van der Waals surface area contributed by atoms with Gasteiger partial charge in [0, 0.05) is 18.1 Å². The Hall–Kier alpha value is -2.31. The number of nitrogens with one attached hydrogen (secondary N) is 1. The van der Waals surface area contributed by atoms with Crippen molar-refractivity contribution in [3.05, 3.63) is 47.6 Å². The number of benzene rings is 1. The summed E-state index contributed by atoms with van der Waals surface area (Å²) >= 11 is 5.90. The molecule has 0 aliphatic carbocycles. The molecule has 7 heteroatoms. The molecule has 1 aromatic heterocycles. The van der Waals surface area contributed by atoms with Gasteiger partial charge in [-0.1, -0.05) is 17.7 Å². The first-order valence-corrected chi connectivity index (χ1v) is 9.42. The highest BCUT2D eigenvalue weighted by Gasteiger charge is 2.23. The van der Waals surface area contributed by atoms with Crippen LogP contribution in [-0.2, 0) is 9.53 Å². The number of carbonyl (C=O) groups is 1. The zero-order chi connectivity index (χ0) is 19.2. The molecule has 1 N–H and O–H groups in total. The summed E-state index contributed by atoms with van der Waals surface area (Å²) in [4.78, 5) is 18.7. The van der Waals surface area contributed by atoms with Gasteiger partial charge in [0.25, 0.3) is 0 Å². The van der Waals surface area contributed by atoms with E-state index in [4.69, 9.17) is 21.1 Å². The smallest absolute Gasteiger partial charge is 0.227 e. The van der Waals surface area contributed by atoms with E-state index >= 15 is 0 Å². The van der Waals surface area contributed by atoms with Crippen molar-refractivity contribution >= 4 is 29.0 Å². The molecule has 1 aliphatic heterocycles. The lowest BCUT2D eigenvalue weighted by Crippen LogP contribution is -2.45. The predicted octanol–water partition coefficient (Wildman–Crippen LogP) is 3.76. The zero-order valence-corrected chi connectivity index (χ0v) is 16.3. The van der Waals surface area contributed by atoms with Gasteiger partial charge < -0.3 is 19.7 Å². The van der Waals surface area contributed by atoms with Gasteiger partial charge >= 0.3 is 0 Å². The summed E-state index contributed by atoms with van der Waals surface area (Å²) in [6, 6.07) is 10.9. The van der Waals surface area contributed by atoms with Crippen LogP contribution in [0.25, 0.3) is 0 Å². The number of anilines is 2. The minimum Gasteiger partial charge on any atom is -0.493 e. The summed E-state index contributed by atoms with van der Waals surface area (Å²) in [5, 5.41) is 3.44. The summed E-state index contributed by atoms with van der Waals surface area (Å²) < 4.78 is 11.3. The van der Waals surface area contributed by atoms with Crippen LogP contribution in [-0.4, -0.2) is 42.8 Å². The first kappa shape index (κ1) is 19.5. The lowest BCUT2D eigenvalue weighted by atomic mass is 10.2. The van der Waals surface area contributed by atoms with E-state index in [0.717, 1.165) is 18.9 Å². The minimum absolute atomic E-state index is 0.125. The number of amides is 1. The van der Waals surface area contributed by atoms with E-state index in [9.17, 15) is 4.79 Å². The van der Waals surface area contributed by atoms with Crippen LogP contribution in [0.2, 0.25) is 5.02 Å². The second-order valence-corrected chi connectivity index (χ2v) is 7.11. The number of ether oxygens (including phenoxy) is 2. The third-order valence-corrected chi connectivity index (χ3v) is 4.40. The maximum atomic E-state index is 12.1. The predicted molar refractivity (Wildman–Crippen MR) is 107 cm³/mol. The lowest BCUT2D eigenvalue weighted by Gasteiger charge is -2.36. The highest BCUT2D eigenvalue weighted by molar-refractivity contribution is 6.30. The first-order chi connectivity index (χ1) is 13.0. The van der Waals surface area contributed by atoms with Crippen LogP contribution in [0.1, 0.15) is 20.3 Å². The minimum atomic E-state index is -0.125. The Morgan fingerprint density at radius 3 is 2.74 bits per heavy atom. The average molecular weight is 390 g/mol. The van der Waals surface area contributed by atoms with Crippen LogP contribution < -0.4 is 15.0 Å². The van der Waals surface area contributed by atoms with Crippen LogP contribution in [0.5, 0.6) is 5.75 Å². The molecular weight excluding hydrogens is 366 g/mol. The molecule has 2 heterocycles. The van der Waals surface area contributed by atoms with E-state index in [1.54, 1.807) is 30.5 Å². The second-order valence-electron chi connectivity index (χ2n) is 6.67. The van der Waals surface area contributed by atoms with Gasteiger partial charge in [-0.3, -0.25) is 4.79 Å². The van der Waals surface area contributed by atoms with Crippen molar-refractivity contribution in [2.24, 2.45) is 0 Å². The van der Waals surface area contributed by atoms with Crippen molar-refractivity contribution in [2.75, 3.05) is 29.9 Å². The molecule has 1 aliphatic rings. The lowest BCUT2D eigenvalue weighted by molar-refractivity contribution is -0.116. The largest absolute Gasteiger partial charge is 0.493 e. The van der Waals surface area contributed by atoms with Gasteiger partial charge in [-0.25, -0.2) is 4.98 Å². The molecule has 1 amide bonds. The molecule has 2 aromatic rings. The fourth-order valence-corrected chi connectivity index (χ4v) is 3.23. The Kier molecular flexibility index (Phi) is 6.53. The topological polar surface area (TPSA) is 63.7 Å². The highest BCUT2D eigenvalue weighted by atomic mass is 35.5. The number of aromatic nitrogens is 1. The average Bonchev–Trinajstić information content (AvgIpc) is 2.61. The van der Waals surface area contributed by atoms with E-state index in [1.807, 2.05) is 12.1 Å². The molecule has 0 bridgehead atoms. The van der Waals surface area contributed by atoms with Gasteiger partial charge in [-0.05, 0) is 44.2 Å². The van der Waals surface area contributed by atoms with Crippen LogP contribution in [0, 0.1) is 0 Å². The molecule has 0 spiro atoms. The Bertz CT molecular complexity index is 759. The summed E-state index contributed by atoms with van der Waals surface area (Å²) in [6.07, 6.45) is 2.27. The molecule has 1 fully saturated rings. The Morgan fingerprint density at radius 1 is 1.30 bits per heavy atom. The molecule has 144 valence electrons. The molecule has 2 unspecified atom stereocenters. The van der Waals surface area contributed by atoms with Crippen LogP contribution in [0.4, 0.5) is 11.5 Å². The summed E-state index contributed by atoms with van der Waals surface area (Å²) in [5.74, 6) is 1.41. The third-order valence-electron chi connectivity index (χ3n) is 4.17. The van der Waals surface area contributed by atoms with E-state index in [1.165, 1.54) is 0 Å². The maximum Gasteiger partial charge on any atom is 0.227 e. The number of nitrogens with zero attached hydrogens (tertiary/aromatic N) is 2. The number of pyridine rings is 1. The summed E-state index contributed by atoms with van der Waals surface area (Å²) in [6.45, 7) is 6.01. The molecule has 27 heavy (non-hydrogen) atoms. The van der Waals surface area contributed by atoms with Crippen LogP contribution in [0.15, 0.2) is 42.6 Å². The summed E-state index contributed by atoms with van der Waals surface area (Å²) in [5.41, 5.74) is 0.667. The third kappa shape index (κ3) is 5.84. The maximum absolute atomic E-state index is 12.1. The fraction of sp³-hybridized carbons (Fsp3) is 0.400. The number of carbonyl (C=O) groups excluding carboxylic acids is 1. The Labute approximate surface area is 164 Å². The highest BCUT2D eigenvalue weighted by Crippen LogP contribution is 2.20. The van der Waals surface area contributed by atoms with E-state index in [-0.39, 0.29) is 31.1 Å². The van der Waals surface area contributed by atoms with Gasteiger partial charge in [-0.2, -0.15) is 0 Å². The molecule has 1 saturated heterocycles. The normalized spacial score (nSPS) is 19.6. The monoisotopic (exact) mass is 389 g/mol. The first-order valence-electron chi connectivity index (χ1n) is 9.04. The van der Waals surface area contributed by atoms with Crippen LogP contribution in [0.3, 0.4) is 0 Å². The van der Waals surface area contributed by atoms with Crippen molar-refractivity contribution in [2.45, 2.75) is 32.5 Å². The van der Waals surface area contributed by atoms with Gasteiger partial charge in [0.15, 0.2) is 0 Å². The van der Waals surface area contributed by atoms with Crippen molar-refractivity contribution in [1.82, 2.24) is 4.98 Å². The van der Waals surface area contributed by atoms with Crippen molar-refractivity contribution in [3.8, 4) is 5.75 Å². The van der Waals surface area contributed by atoms with Crippen molar-refractivity contribution in [1.29, 1.82) is 0 Å². The zero-order valence-electron chi connectivity index (χ0n) is 15.5. The van der Waals surface area contributed by atoms with Gasteiger partial charge in [0.2, 0.25) is 5.91 Å². The Morgan fingerprint density at radius 2 is 2.07 bits per heavy atom. The van der Waals surface area contributed by atoms with Gasteiger partial charge in [0.05, 0.1) is 37.1 Å². The summed E-state index contributed by atoms with van der Waals surface area (Å²) in [7, 11) is 0. The number of rotatable bonds is 6. The molecule has 2 atom stereocenters. The second kappa shape index (κ2) is 9.06. The Balaban J connectivity index is 1.47. The SMILES string of the molecule is CC1CN(c2ccc(NC(=O)CCOc3cccc(Cl)c3)cn2)CC(C)O1. The van der Waals surface area contributed by atoms with E-state index in [2.05, 4.69) is 29.0 Å². The van der Waals surface area contributed by atoms with Gasteiger partial charge in [0.1, 0.15) is 11.6 Å². The molecule has 6 nitrogen and oxygen atoms in total. The molecule has 0 radical (unpaired) electrons. The number of hydrogen-bond donors (Lipinski definition) is 1. The van der Waals surface area contributed by atoms with E-state index < -0.39 is 0 Å².